The summed E-state index contributed by atoms with van der Waals surface area (Å²) < 4.78 is 6.76. The Bertz CT molecular complexity index is 632. The van der Waals surface area contributed by atoms with Gasteiger partial charge in [0.1, 0.15) is 0 Å². The summed E-state index contributed by atoms with van der Waals surface area (Å²) >= 11 is -1.31. The minimum Gasteiger partial charge on any atom is -1.00 e. The van der Waals surface area contributed by atoms with Crippen LogP contribution in [-0.4, -0.2) is 11.0 Å². The van der Waals surface area contributed by atoms with Gasteiger partial charge in [-0.2, -0.15) is 0 Å². The number of fused-ring (bicyclic) bond motifs is 3. The Morgan fingerprint density at radius 2 is 1.68 bits per heavy atom. The summed E-state index contributed by atoms with van der Waals surface area (Å²) in [6, 6.07) is 13.4. The van der Waals surface area contributed by atoms with Crippen LogP contribution in [0.5, 0.6) is 0 Å². The molecule has 0 radical (unpaired) electrons. The van der Waals surface area contributed by atoms with E-state index in [1.807, 2.05) is 0 Å². The normalized spacial score (nSPS) is 12.8. The van der Waals surface area contributed by atoms with Crippen molar-refractivity contribution in [1.82, 2.24) is 0 Å². The first-order valence-electron chi connectivity index (χ1n) is 6.20. The third kappa shape index (κ3) is 2.82. The molecule has 0 saturated heterocycles. The second-order valence-electron chi connectivity index (χ2n) is 5.15. The van der Waals surface area contributed by atoms with Gasteiger partial charge in [0.25, 0.3) is 0 Å². The molecule has 0 aliphatic heterocycles. The predicted octanol–water partition coefficient (Wildman–Crippen LogP) is 0.394. The predicted molar refractivity (Wildman–Crippen MR) is 83.3 cm³/mol. The van der Waals surface area contributed by atoms with E-state index in [1.165, 1.54) is 17.2 Å². The first kappa shape index (κ1) is 16.9. The van der Waals surface area contributed by atoms with Crippen LogP contribution in [0.3, 0.4) is 0 Å². The van der Waals surface area contributed by atoms with Crippen LogP contribution in [0.25, 0.3) is 14.1 Å². The minimum atomic E-state index is -1.31. The zero-order chi connectivity index (χ0) is 12.0. The molecule has 0 atom stereocenters. The first-order chi connectivity index (χ1) is 8.18. The molecule has 1 aliphatic rings. The third-order valence-corrected chi connectivity index (χ3v) is 7.77. The zero-order valence-electron chi connectivity index (χ0n) is 11.0. The monoisotopic (exact) mass is 366 g/mol. The van der Waals surface area contributed by atoms with E-state index < -0.39 is 21.8 Å². The number of halogens is 1. The van der Waals surface area contributed by atoms with E-state index in [9.17, 15) is 0 Å². The van der Waals surface area contributed by atoms with Gasteiger partial charge in [-0.05, 0) is 11.0 Å². The summed E-state index contributed by atoms with van der Waals surface area (Å²) in [7, 11) is 0. The van der Waals surface area contributed by atoms with Gasteiger partial charge in [0.05, 0.1) is 0 Å². The van der Waals surface area contributed by atoms with Crippen LogP contribution in [0, 0.1) is 0 Å². The van der Waals surface area contributed by atoms with Crippen LogP contribution in [0.4, 0.5) is 0 Å². The van der Waals surface area contributed by atoms with Gasteiger partial charge in [0.15, 0.2) is 0 Å². The summed E-state index contributed by atoms with van der Waals surface area (Å²) in [6.45, 7) is 2.33. The fraction of sp³-hybridized carbons (Fsp3) is 0.250. The van der Waals surface area contributed by atoms with Gasteiger partial charge in [0.2, 0.25) is 0 Å². The standard InChI is InChI=1S/C14H11.2CH3.ClH.H4Si.Zr/c1-10-8-12-7-6-11-4-2-3-5-13(11)14(12)9-10;;;;;/h2-7H,8H2,1H3;2*1H3;1H;1H4;/q;;;;;+1/p-1. The second-order valence-corrected chi connectivity index (χ2v) is 11.3. The van der Waals surface area contributed by atoms with Crippen molar-refractivity contribution < 1.29 is 34.2 Å². The molecule has 2 aromatic rings. The van der Waals surface area contributed by atoms with E-state index in [0.717, 1.165) is 0 Å². The maximum atomic E-state index is 2.50. The summed E-state index contributed by atoms with van der Waals surface area (Å²) in [5, 5.41) is 2.86. The van der Waals surface area contributed by atoms with Crippen LogP contribution in [0.2, 0.25) is 9.26 Å². The van der Waals surface area contributed by atoms with Crippen molar-refractivity contribution in [2.75, 3.05) is 0 Å². The number of rotatable bonds is 1. The molecular weight excluding hydrogens is 347 g/mol. The molecule has 0 N–H and O–H groups in total. The van der Waals surface area contributed by atoms with E-state index >= 15 is 0 Å². The molecule has 0 unspecified atom stereocenters. The summed E-state index contributed by atoms with van der Waals surface area (Å²) in [6.07, 6.45) is 1.18. The van der Waals surface area contributed by atoms with Crippen molar-refractivity contribution in [3.63, 3.8) is 0 Å². The van der Waals surface area contributed by atoms with E-state index in [-0.39, 0.29) is 23.4 Å². The van der Waals surface area contributed by atoms with Gasteiger partial charge in [-0.25, -0.2) is 0 Å². The third-order valence-electron chi connectivity index (χ3n) is 3.65. The Morgan fingerprint density at radius 1 is 1.00 bits per heavy atom. The maximum Gasteiger partial charge on any atom is -0.0149 e. The average Bonchev–Trinajstić information content (AvgIpc) is 2.65. The molecular formula is C16H21ClSiZr. The molecule has 19 heavy (non-hydrogen) atoms. The molecule has 0 amide bonds. The van der Waals surface area contributed by atoms with Crippen LogP contribution >= 0.6 is 0 Å². The second kappa shape index (κ2) is 6.52. The van der Waals surface area contributed by atoms with E-state index in [2.05, 4.69) is 52.6 Å². The number of benzene rings is 2. The zero-order valence-corrected chi connectivity index (χ0v) is 14.3. The van der Waals surface area contributed by atoms with Crippen LogP contribution in [0.15, 0.2) is 42.0 Å². The average molecular weight is 368 g/mol. The van der Waals surface area contributed by atoms with Gasteiger partial charge in [0, 0.05) is 0 Å². The summed E-state index contributed by atoms with van der Waals surface area (Å²) in [4.78, 5) is 0. The van der Waals surface area contributed by atoms with Crippen molar-refractivity contribution in [2.24, 2.45) is 0 Å². The number of hydrogen-bond donors (Lipinski definition) is 0. The van der Waals surface area contributed by atoms with Gasteiger partial charge in [-0.15, -0.1) is 0 Å². The Hall–Kier alpha value is -0.170. The molecule has 0 bridgehead atoms. The summed E-state index contributed by atoms with van der Waals surface area (Å²) in [5.74, 6) is 0. The van der Waals surface area contributed by atoms with Crippen molar-refractivity contribution in [1.29, 1.82) is 0 Å². The van der Waals surface area contributed by atoms with Crippen molar-refractivity contribution >= 4 is 25.0 Å². The topological polar surface area (TPSA) is 0 Å². The smallest absolute Gasteiger partial charge is 0.0149 e. The summed E-state index contributed by atoms with van der Waals surface area (Å²) in [5.41, 5.74) is 4.79. The van der Waals surface area contributed by atoms with Crippen LogP contribution in [-0.2, 0) is 28.2 Å². The van der Waals surface area contributed by atoms with Crippen LogP contribution in [0.1, 0.15) is 18.1 Å². The Morgan fingerprint density at radius 3 is 2.37 bits per heavy atom. The van der Waals surface area contributed by atoms with Crippen molar-refractivity contribution in [3.8, 4) is 0 Å². The molecule has 100 valence electrons. The molecule has 2 aromatic carbocycles. The SMILES string of the molecule is CC1=[C]([Zr+]([CH3])[CH3])c2c(ccc3ccccc23)C1.[Cl-].[SiH4]. The molecule has 3 rings (SSSR count). The molecule has 1 aliphatic carbocycles. The van der Waals surface area contributed by atoms with Gasteiger partial charge in [-0.1, -0.05) is 0 Å². The van der Waals surface area contributed by atoms with Gasteiger partial charge < -0.3 is 12.4 Å². The Balaban J connectivity index is 0.000000902. The molecule has 0 fully saturated rings. The molecule has 0 spiro atoms. The fourth-order valence-corrected chi connectivity index (χ4v) is 7.29. The van der Waals surface area contributed by atoms with E-state index in [0.29, 0.717) is 0 Å². The fourth-order valence-electron chi connectivity index (χ4n) is 3.02. The van der Waals surface area contributed by atoms with E-state index in [4.69, 9.17) is 0 Å². The molecule has 0 nitrogen and oxygen atoms in total. The van der Waals surface area contributed by atoms with Crippen molar-refractivity contribution in [2.45, 2.75) is 22.6 Å². The van der Waals surface area contributed by atoms with Crippen molar-refractivity contribution in [3.05, 3.63) is 53.1 Å². The maximum absolute atomic E-state index is 2.50. The van der Waals surface area contributed by atoms with E-state index in [1.54, 1.807) is 20.0 Å². The van der Waals surface area contributed by atoms with Gasteiger partial charge >= 0.3 is 112 Å². The minimum absolute atomic E-state index is 0. The van der Waals surface area contributed by atoms with Crippen LogP contribution < -0.4 is 12.4 Å². The molecule has 0 aromatic heterocycles. The molecule has 3 heteroatoms. The largest absolute Gasteiger partial charge is 1.00 e. The number of hydrogen-bond acceptors (Lipinski definition) is 0. The van der Waals surface area contributed by atoms with Gasteiger partial charge in [-0.3, -0.25) is 0 Å². The number of allylic oxidation sites excluding steroid dienone is 1. The quantitative estimate of drug-likeness (QED) is 0.640. The molecule has 0 heterocycles. The Labute approximate surface area is 134 Å². The first-order valence-corrected chi connectivity index (χ1v) is 12.3. The molecule has 0 saturated carbocycles. The Kier molecular flexibility index (Phi) is 5.79.